The maximum atomic E-state index is 13.1. The number of sulfone groups is 1. The molecular formula is C12H13F4NO3S. The molecule has 1 aromatic carbocycles. The fraction of sp³-hybridized carbons (Fsp3) is 0.500. The number of rotatable bonds is 4. The lowest BCUT2D eigenvalue weighted by atomic mass is 9.80. The molecule has 1 saturated carbocycles. The third kappa shape index (κ3) is 3.13. The van der Waals surface area contributed by atoms with Crippen LogP contribution < -0.4 is 5.32 Å². The van der Waals surface area contributed by atoms with Crippen molar-refractivity contribution in [1.82, 2.24) is 0 Å². The van der Waals surface area contributed by atoms with Crippen LogP contribution in [0, 0.1) is 5.82 Å². The van der Waals surface area contributed by atoms with Crippen molar-refractivity contribution >= 4 is 15.5 Å². The largest absolute Gasteiger partial charge is 0.501 e. The summed E-state index contributed by atoms with van der Waals surface area (Å²) >= 11 is 0. The van der Waals surface area contributed by atoms with Crippen molar-refractivity contribution < 1.29 is 31.1 Å². The normalized spacial score (nSPS) is 18.1. The number of nitrogens with one attached hydrogen (secondary N) is 1. The molecule has 0 saturated heterocycles. The molecule has 2 N–H and O–H groups in total. The first-order valence-electron chi connectivity index (χ1n) is 6.12. The first-order valence-corrected chi connectivity index (χ1v) is 7.61. The Labute approximate surface area is 118 Å². The number of alkyl halides is 3. The molecule has 0 spiro atoms. The quantitative estimate of drug-likeness (QED) is 0.834. The molecule has 1 aliphatic carbocycles. The van der Waals surface area contributed by atoms with E-state index in [1.807, 2.05) is 0 Å². The summed E-state index contributed by atoms with van der Waals surface area (Å²) in [6, 6.07) is 2.08. The van der Waals surface area contributed by atoms with Gasteiger partial charge >= 0.3 is 5.51 Å². The minimum Gasteiger partial charge on any atom is -0.388 e. The molecular weight excluding hydrogens is 314 g/mol. The molecule has 0 radical (unpaired) electrons. The van der Waals surface area contributed by atoms with Gasteiger partial charge in [-0.1, -0.05) is 0 Å². The number of anilines is 1. The van der Waals surface area contributed by atoms with E-state index in [1.165, 1.54) is 0 Å². The van der Waals surface area contributed by atoms with Gasteiger partial charge in [0.15, 0.2) is 0 Å². The van der Waals surface area contributed by atoms with E-state index >= 15 is 0 Å². The van der Waals surface area contributed by atoms with Crippen molar-refractivity contribution in [2.75, 3.05) is 11.9 Å². The lowest BCUT2D eigenvalue weighted by molar-refractivity contribution is -0.0435. The highest BCUT2D eigenvalue weighted by Crippen LogP contribution is 2.36. The fourth-order valence-electron chi connectivity index (χ4n) is 2.01. The molecule has 0 aliphatic heterocycles. The summed E-state index contributed by atoms with van der Waals surface area (Å²) in [7, 11) is -5.67. The Morgan fingerprint density at radius 1 is 1.29 bits per heavy atom. The molecule has 1 fully saturated rings. The molecule has 1 aromatic rings. The Hall–Kier alpha value is -1.35. The molecule has 0 heterocycles. The minimum absolute atomic E-state index is 0.0982. The average Bonchev–Trinajstić information content (AvgIpc) is 2.33. The van der Waals surface area contributed by atoms with Crippen molar-refractivity contribution in [3.63, 3.8) is 0 Å². The number of halogens is 4. The zero-order chi connectivity index (χ0) is 15.9. The second-order valence-electron chi connectivity index (χ2n) is 5.02. The third-order valence-corrected chi connectivity index (χ3v) is 4.96. The van der Waals surface area contributed by atoms with Gasteiger partial charge in [0.2, 0.25) is 0 Å². The predicted octanol–water partition coefficient (Wildman–Crippen LogP) is 2.45. The Morgan fingerprint density at radius 2 is 1.90 bits per heavy atom. The van der Waals surface area contributed by atoms with Crippen LogP contribution in [-0.2, 0) is 9.84 Å². The predicted molar refractivity (Wildman–Crippen MR) is 66.9 cm³/mol. The number of aliphatic hydroxyl groups is 1. The van der Waals surface area contributed by atoms with E-state index < -0.39 is 31.7 Å². The van der Waals surface area contributed by atoms with Gasteiger partial charge in [-0.15, -0.1) is 0 Å². The van der Waals surface area contributed by atoms with Crippen molar-refractivity contribution in [2.45, 2.75) is 35.3 Å². The van der Waals surface area contributed by atoms with Crippen LogP contribution in [0.4, 0.5) is 23.2 Å². The van der Waals surface area contributed by atoms with E-state index in [2.05, 4.69) is 5.32 Å². The summed E-state index contributed by atoms with van der Waals surface area (Å²) in [5.74, 6) is -1.09. The van der Waals surface area contributed by atoms with Crippen LogP contribution in [0.1, 0.15) is 19.3 Å². The molecule has 0 aromatic heterocycles. The van der Waals surface area contributed by atoms with E-state index in [4.69, 9.17) is 0 Å². The molecule has 2 rings (SSSR count). The third-order valence-electron chi connectivity index (χ3n) is 3.43. The molecule has 0 atom stereocenters. The van der Waals surface area contributed by atoms with Crippen molar-refractivity contribution in [3.8, 4) is 0 Å². The lowest BCUT2D eigenvalue weighted by Gasteiger charge is -2.37. The molecule has 118 valence electrons. The Bertz CT molecular complexity index is 638. The van der Waals surface area contributed by atoms with Gasteiger partial charge in [-0.05, 0) is 37.5 Å². The van der Waals surface area contributed by atoms with Crippen LogP contribution in [0.25, 0.3) is 0 Å². The first kappa shape index (κ1) is 16.0. The van der Waals surface area contributed by atoms with Gasteiger partial charge in [-0.25, -0.2) is 12.8 Å². The summed E-state index contributed by atoms with van der Waals surface area (Å²) in [6.45, 7) is -0.0982. The van der Waals surface area contributed by atoms with Gasteiger partial charge in [0.25, 0.3) is 9.84 Å². The number of hydrogen-bond donors (Lipinski definition) is 2. The molecule has 0 unspecified atom stereocenters. The van der Waals surface area contributed by atoms with E-state index in [0.717, 1.165) is 18.6 Å². The molecule has 0 amide bonds. The zero-order valence-corrected chi connectivity index (χ0v) is 11.6. The molecule has 9 heteroatoms. The zero-order valence-electron chi connectivity index (χ0n) is 10.7. The topological polar surface area (TPSA) is 66.4 Å². The van der Waals surface area contributed by atoms with Crippen LogP contribution in [-0.4, -0.2) is 31.2 Å². The van der Waals surface area contributed by atoms with E-state index in [1.54, 1.807) is 0 Å². The van der Waals surface area contributed by atoms with Gasteiger partial charge in [0.1, 0.15) is 10.7 Å². The minimum atomic E-state index is -5.67. The van der Waals surface area contributed by atoms with Gasteiger partial charge in [-0.3, -0.25) is 0 Å². The lowest BCUT2D eigenvalue weighted by Crippen LogP contribution is -2.43. The molecule has 21 heavy (non-hydrogen) atoms. The Kier molecular flexibility index (Phi) is 3.92. The molecule has 4 nitrogen and oxygen atoms in total. The van der Waals surface area contributed by atoms with Crippen LogP contribution in [0.15, 0.2) is 23.1 Å². The average molecular weight is 327 g/mol. The van der Waals surface area contributed by atoms with Crippen LogP contribution in [0.2, 0.25) is 0 Å². The summed E-state index contributed by atoms with van der Waals surface area (Å²) in [4.78, 5) is -1.18. The smallest absolute Gasteiger partial charge is 0.388 e. The van der Waals surface area contributed by atoms with E-state index in [9.17, 15) is 31.1 Å². The molecule has 0 bridgehead atoms. The fourth-order valence-corrected chi connectivity index (χ4v) is 2.96. The Morgan fingerprint density at radius 3 is 2.38 bits per heavy atom. The van der Waals surface area contributed by atoms with Gasteiger partial charge in [0.05, 0.1) is 11.3 Å². The van der Waals surface area contributed by atoms with E-state index in [0.29, 0.717) is 18.9 Å². The monoisotopic (exact) mass is 327 g/mol. The van der Waals surface area contributed by atoms with Crippen LogP contribution in [0.5, 0.6) is 0 Å². The van der Waals surface area contributed by atoms with Crippen LogP contribution in [0.3, 0.4) is 0 Å². The summed E-state index contributed by atoms with van der Waals surface area (Å²) < 4.78 is 73.8. The summed E-state index contributed by atoms with van der Waals surface area (Å²) in [6.07, 6.45) is 1.74. The highest BCUT2D eigenvalue weighted by atomic mass is 32.2. The molecule has 1 aliphatic rings. The van der Waals surface area contributed by atoms with Crippen molar-refractivity contribution in [3.05, 3.63) is 24.0 Å². The Balaban J connectivity index is 2.34. The van der Waals surface area contributed by atoms with Crippen molar-refractivity contribution in [1.29, 1.82) is 0 Å². The van der Waals surface area contributed by atoms with Gasteiger partial charge in [0, 0.05) is 6.54 Å². The van der Waals surface area contributed by atoms with Gasteiger partial charge in [-0.2, -0.15) is 13.2 Å². The van der Waals surface area contributed by atoms with Crippen LogP contribution >= 0.6 is 0 Å². The number of hydrogen-bond acceptors (Lipinski definition) is 4. The first-order chi connectivity index (χ1) is 9.55. The second-order valence-corrected chi connectivity index (χ2v) is 6.93. The SMILES string of the molecule is O=S(=O)(c1cc(F)ccc1NCC1(O)CCC1)C(F)(F)F. The standard InChI is InChI=1S/C12H13F4NO3S/c13-8-2-3-9(17-7-11(18)4-1-5-11)10(6-8)21(19,20)12(14,15)16/h2-3,6,17-18H,1,4-5,7H2. The van der Waals surface area contributed by atoms with E-state index in [-0.39, 0.29) is 12.2 Å². The number of benzene rings is 1. The summed E-state index contributed by atoms with van der Waals surface area (Å²) in [5.41, 5.74) is -6.97. The highest BCUT2D eigenvalue weighted by Gasteiger charge is 2.48. The van der Waals surface area contributed by atoms with Gasteiger partial charge < -0.3 is 10.4 Å². The highest BCUT2D eigenvalue weighted by molar-refractivity contribution is 7.92. The van der Waals surface area contributed by atoms with Crippen molar-refractivity contribution in [2.24, 2.45) is 0 Å². The maximum Gasteiger partial charge on any atom is 0.501 e. The maximum absolute atomic E-state index is 13.1. The summed E-state index contributed by atoms with van der Waals surface area (Å²) in [5, 5.41) is 12.3. The second kappa shape index (κ2) is 5.13.